The molecule has 0 aliphatic carbocycles. The summed E-state index contributed by atoms with van der Waals surface area (Å²) in [4.78, 5) is 19.6. The third-order valence-electron chi connectivity index (χ3n) is 4.45. The van der Waals surface area contributed by atoms with Gasteiger partial charge in [-0.15, -0.1) is 0 Å². The van der Waals surface area contributed by atoms with E-state index in [2.05, 4.69) is 36.9 Å². The highest BCUT2D eigenvalue weighted by molar-refractivity contribution is 9.10. The Morgan fingerprint density at radius 3 is 2.31 bits per heavy atom. The summed E-state index contributed by atoms with van der Waals surface area (Å²) in [6, 6.07) is 22.9. The molecule has 6 heteroatoms. The minimum Gasteiger partial charge on any atom is -0.497 e. The van der Waals surface area contributed by atoms with Crippen molar-refractivity contribution in [2.75, 3.05) is 12.0 Å². The molecule has 0 saturated heterocycles. The van der Waals surface area contributed by atoms with Crippen LogP contribution < -0.4 is 9.64 Å². The molecule has 0 fully saturated rings. The number of amidine groups is 1. The molecule has 0 spiro atoms. The molecule has 4 nitrogen and oxygen atoms in total. The number of methoxy groups -OCH3 is 1. The van der Waals surface area contributed by atoms with Crippen LogP contribution in [0.3, 0.4) is 0 Å². The Morgan fingerprint density at radius 2 is 1.66 bits per heavy atom. The quantitative estimate of drug-likeness (QED) is 0.400. The number of carbonyl (C=O) groups excluding carboxylic acids is 1. The van der Waals surface area contributed by atoms with Crippen LogP contribution in [0, 0.1) is 0 Å². The predicted octanol–water partition coefficient (Wildman–Crippen LogP) is 6.05. The van der Waals surface area contributed by atoms with Crippen molar-refractivity contribution in [1.29, 1.82) is 0 Å². The van der Waals surface area contributed by atoms with E-state index in [1.54, 1.807) is 18.1 Å². The van der Waals surface area contributed by atoms with Crippen LogP contribution in [0.5, 0.6) is 5.75 Å². The molecule has 0 atom stereocenters. The highest BCUT2D eigenvalue weighted by Crippen LogP contribution is 2.30. The van der Waals surface area contributed by atoms with Gasteiger partial charge in [-0.3, -0.25) is 9.69 Å². The molecule has 0 bridgehead atoms. The van der Waals surface area contributed by atoms with Crippen molar-refractivity contribution in [3.8, 4) is 5.75 Å². The summed E-state index contributed by atoms with van der Waals surface area (Å²) in [6.07, 6.45) is 1.79. The number of nitrogens with zero attached hydrogens (tertiary/aromatic N) is 2. The molecule has 0 N–H and O–H groups in total. The zero-order valence-electron chi connectivity index (χ0n) is 15.5. The molecule has 1 amide bonds. The van der Waals surface area contributed by atoms with Crippen molar-refractivity contribution in [2.24, 2.45) is 4.99 Å². The molecule has 3 aromatic carbocycles. The summed E-state index contributed by atoms with van der Waals surface area (Å²) in [5.41, 5.74) is 2.88. The third-order valence-corrected chi connectivity index (χ3v) is 5.47. The van der Waals surface area contributed by atoms with E-state index in [9.17, 15) is 4.79 Å². The van der Waals surface area contributed by atoms with Crippen LogP contribution in [-0.4, -0.2) is 18.9 Å². The largest absolute Gasteiger partial charge is 0.497 e. The number of carbonyl (C=O) groups is 1. The first-order valence-electron chi connectivity index (χ1n) is 8.85. The number of rotatable bonds is 4. The second-order valence-corrected chi connectivity index (χ2v) is 8.20. The van der Waals surface area contributed by atoms with Gasteiger partial charge in [0.1, 0.15) is 17.3 Å². The number of anilines is 1. The van der Waals surface area contributed by atoms with E-state index < -0.39 is 0 Å². The maximum atomic E-state index is 13.3. The Balaban J connectivity index is 1.80. The van der Waals surface area contributed by atoms with Gasteiger partial charge >= 0.3 is 0 Å². The molecule has 0 radical (unpaired) electrons. The van der Waals surface area contributed by atoms with Crippen molar-refractivity contribution in [3.63, 3.8) is 0 Å². The summed E-state index contributed by atoms with van der Waals surface area (Å²) >= 11 is 6.94. The van der Waals surface area contributed by atoms with Crippen molar-refractivity contribution in [2.45, 2.75) is 0 Å². The molecule has 0 saturated carbocycles. The highest BCUT2D eigenvalue weighted by Gasteiger charge is 2.32. The monoisotopic (exact) mass is 510 g/mol. The van der Waals surface area contributed by atoms with Gasteiger partial charge in [0.05, 0.1) is 12.8 Å². The maximum absolute atomic E-state index is 13.3. The van der Waals surface area contributed by atoms with Crippen LogP contribution in [0.25, 0.3) is 6.08 Å². The Labute approximate surface area is 185 Å². The molecule has 0 aromatic heterocycles. The van der Waals surface area contributed by atoms with E-state index in [0.29, 0.717) is 11.5 Å². The Morgan fingerprint density at radius 1 is 0.931 bits per heavy atom. The third kappa shape index (κ3) is 4.18. The first-order chi connectivity index (χ1) is 14.0. The van der Waals surface area contributed by atoms with Gasteiger partial charge < -0.3 is 4.74 Å². The second-order valence-electron chi connectivity index (χ2n) is 6.37. The van der Waals surface area contributed by atoms with Crippen LogP contribution >= 0.6 is 31.9 Å². The van der Waals surface area contributed by atoms with Crippen molar-refractivity contribution >= 4 is 55.4 Å². The van der Waals surface area contributed by atoms with E-state index in [1.165, 1.54) is 0 Å². The number of amides is 1. The van der Waals surface area contributed by atoms with E-state index in [-0.39, 0.29) is 5.91 Å². The Bertz CT molecular complexity index is 1120. The van der Waals surface area contributed by atoms with Gasteiger partial charge in [0.25, 0.3) is 5.91 Å². The van der Waals surface area contributed by atoms with E-state index in [1.807, 2.05) is 72.8 Å². The zero-order chi connectivity index (χ0) is 20.4. The molecule has 1 aliphatic rings. The van der Waals surface area contributed by atoms with Gasteiger partial charge in [0, 0.05) is 14.5 Å². The number of hydrogen-bond donors (Lipinski definition) is 0. The molecule has 0 unspecified atom stereocenters. The fourth-order valence-corrected chi connectivity index (χ4v) is 3.67. The van der Waals surface area contributed by atoms with Crippen LogP contribution in [0.15, 0.2) is 92.4 Å². The van der Waals surface area contributed by atoms with E-state index in [4.69, 9.17) is 4.74 Å². The molecule has 3 aromatic rings. The van der Waals surface area contributed by atoms with Gasteiger partial charge in [-0.25, -0.2) is 4.99 Å². The van der Waals surface area contributed by atoms with Gasteiger partial charge in [-0.2, -0.15) is 0 Å². The van der Waals surface area contributed by atoms with Gasteiger partial charge in [0.15, 0.2) is 0 Å². The first-order valence-corrected chi connectivity index (χ1v) is 10.4. The summed E-state index contributed by atoms with van der Waals surface area (Å²) in [6.45, 7) is 0. The van der Waals surface area contributed by atoms with Gasteiger partial charge in [0.2, 0.25) is 0 Å². The van der Waals surface area contributed by atoms with Gasteiger partial charge in [-0.1, -0.05) is 62.2 Å². The second kappa shape index (κ2) is 8.35. The van der Waals surface area contributed by atoms with Crippen LogP contribution in [0.2, 0.25) is 0 Å². The lowest BCUT2D eigenvalue weighted by Gasteiger charge is -2.19. The zero-order valence-corrected chi connectivity index (χ0v) is 18.6. The summed E-state index contributed by atoms with van der Waals surface area (Å²) in [5, 5.41) is 0. The average molecular weight is 512 g/mol. The lowest BCUT2D eigenvalue weighted by molar-refractivity contribution is -0.113. The SMILES string of the molecule is COc1ccc(/C=C2/N=C(c3ccc(Br)cc3)N(c3cccc(Br)c3)C2=O)cc1. The lowest BCUT2D eigenvalue weighted by Crippen LogP contribution is -2.32. The first kappa shape index (κ1) is 19.6. The Kier molecular flexibility index (Phi) is 5.65. The molecular weight excluding hydrogens is 496 g/mol. The molecule has 1 aliphatic heterocycles. The molecule has 144 valence electrons. The fraction of sp³-hybridized carbons (Fsp3) is 0.0435. The predicted molar refractivity (Wildman–Crippen MR) is 123 cm³/mol. The van der Waals surface area contributed by atoms with Gasteiger partial charge in [-0.05, 0) is 54.1 Å². The number of hydrogen-bond acceptors (Lipinski definition) is 3. The topological polar surface area (TPSA) is 41.9 Å². The van der Waals surface area contributed by atoms with Crippen molar-refractivity contribution < 1.29 is 9.53 Å². The summed E-state index contributed by atoms with van der Waals surface area (Å²) in [5.74, 6) is 1.19. The van der Waals surface area contributed by atoms with Crippen molar-refractivity contribution in [3.05, 3.63) is 98.6 Å². The fourth-order valence-electron chi connectivity index (χ4n) is 3.02. The lowest BCUT2D eigenvalue weighted by atomic mass is 10.1. The standard InChI is InChI=1S/C23H16Br2N2O2/c1-29-20-11-5-15(6-12-20)13-21-23(28)27(19-4-2-3-18(25)14-19)22(26-21)16-7-9-17(24)10-8-16/h2-14H,1H3/b21-13+. The Hall–Kier alpha value is -2.70. The minimum atomic E-state index is -0.170. The minimum absolute atomic E-state index is 0.170. The van der Waals surface area contributed by atoms with E-state index >= 15 is 0 Å². The highest BCUT2D eigenvalue weighted by atomic mass is 79.9. The molecule has 29 heavy (non-hydrogen) atoms. The summed E-state index contributed by atoms with van der Waals surface area (Å²) < 4.78 is 7.06. The summed E-state index contributed by atoms with van der Waals surface area (Å²) in [7, 11) is 1.62. The normalized spacial score (nSPS) is 15.0. The van der Waals surface area contributed by atoms with Crippen LogP contribution in [-0.2, 0) is 4.79 Å². The number of halogens is 2. The molecule has 1 heterocycles. The van der Waals surface area contributed by atoms with E-state index in [0.717, 1.165) is 31.5 Å². The number of benzene rings is 3. The number of ether oxygens (including phenoxy) is 1. The number of aliphatic imine (C=N–C) groups is 1. The average Bonchev–Trinajstić information content (AvgIpc) is 3.05. The molecular formula is C23H16Br2N2O2. The maximum Gasteiger partial charge on any atom is 0.282 e. The van der Waals surface area contributed by atoms with Crippen molar-refractivity contribution in [1.82, 2.24) is 0 Å². The molecule has 4 rings (SSSR count). The van der Waals surface area contributed by atoms with Crippen LogP contribution in [0.4, 0.5) is 5.69 Å². The smallest absolute Gasteiger partial charge is 0.282 e. The van der Waals surface area contributed by atoms with Crippen LogP contribution in [0.1, 0.15) is 11.1 Å².